The molecule has 0 aromatic heterocycles. The summed E-state index contributed by atoms with van der Waals surface area (Å²) < 4.78 is 1.56. The van der Waals surface area contributed by atoms with Crippen LogP contribution in [0.5, 0.6) is 0 Å². The fraction of sp³-hybridized carbons (Fsp3) is 0.167. The molecule has 0 aliphatic carbocycles. The summed E-state index contributed by atoms with van der Waals surface area (Å²) >= 11 is 0.459. The maximum atomic E-state index is 2.27. The molecule has 0 bridgehead atoms. The summed E-state index contributed by atoms with van der Waals surface area (Å²) in [6, 6.07) is 15.3. The number of fused-ring (bicyclic) bond motifs is 1. The van der Waals surface area contributed by atoms with Gasteiger partial charge in [-0.2, -0.15) is 0 Å². The fourth-order valence-electron chi connectivity index (χ4n) is 1.65. The highest BCUT2D eigenvalue weighted by atomic mass is 27.1. The first kappa shape index (κ1) is 8.81. The lowest BCUT2D eigenvalue weighted by Gasteiger charge is -2.03. The number of hydrogen-bond acceptors (Lipinski definition) is 0. The van der Waals surface area contributed by atoms with Crippen molar-refractivity contribution in [1.82, 2.24) is 0 Å². The molecule has 1 heteroatoms. The molecule has 2 aromatic rings. The van der Waals surface area contributed by atoms with E-state index in [1.54, 1.807) is 4.43 Å². The Morgan fingerprint density at radius 1 is 1.00 bits per heavy atom. The quantitative estimate of drug-likeness (QED) is 0.628. The monoisotopic (exact) mass is 183 g/mol. The number of rotatable bonds is 2. The predicted octanol–water partition coefficient (Wildman–Crippen LogP) is 2.61. The van der Waals surface area contributed by atoms with Crippen LogP contribution in [0.15, 0.2) is 42.5 Å². The van der Waals surface area contributed by atoms with Gasteiger partial charge in [0.2, 0.25) is 0 Å². The first-order valence-corrected chi connectivity index (χ1v) is 6.12. The number of hydrogen-bond donors (Lipinski definition) is 0. The third-order valence-electron chi connectivity index (χ3n) is 2.25. The van der Waals surface area contributed by atoms with E-state index in [9.17, 15) is 0 Å². The zero-order valence-electron chi connectivity index (χ0n) is 7.83. The van der Waals surface area contributed by atoms with Crippen LogP contribution in [-0.4, -0.2) is 15.2 Å². The molecule has 0 unspecified atom stereocenters. The first-order valence-electron chi connectivity index (χ1n) is 4.73. The molecule has 1 radical (unpaired) electrons. The molecule has 0 amide bonds. The van der Waals surface area contributed by atoms with Crippen LogP contribution in [0.2, 0.25) is 5.28 Å². The molecule has 0 aliphatic rings. The summed E-state index contributed by atoms with van der Waals surface area (Å²) in [6.07, 6.45) is 0. The average Bonchev–Trinajstić information content (AvgIpc) is 2.19. The van der Waals surface area contributed by atoms with Gasteiger partial charge in [-0.25, -0.2) is 0 Å². The predicted molar refractivity (Wildman–Crippen MR) is 59.8 cm³/mol. The lowest BCUT2D eigenvalue weighted by atomic mass is 10.1. The van der Waals surface area contributed by atoms with Crippen molar-refractivity contribution in [3.05, 3.63) is 42.5 Å². The minimum absolute atomic E-state index is 0.459. The first-order chi connectivity index (χ1) is 6.42. The van der Waals surface area contributed by atoms with E-state index >= 15 is 0 Å². The van der Waals surface area contributed by atoms with Crippen LogP contribution in [0.3, 0.4) is 0 Å². The second kappa shape index (κ2) is 3.96. The second-order valence-corrected chi connectivity index (χ2v) is 5.03. The lowest BCUT2D eigenvalue weighted by molar-refractivity contribution is 1.46. The van der Waals surface area contributed by atoms with Crippen LogP contribution in [0.1, 0.15) is 6.92 Å². The van der Waals surface area contributed by atoms with Gasteiger partial charge in [0.1, 0.15) is 0 Å². The van der Waals surface area contributed by atoms with Gasteiger partial charge in [-0.15, -0.1) is 9.71 Å². The molecule has 0 nitrogen and oxygen atoms in total. The zero-order chi connectivity index (χ0) is 9.10. The van der Waals surface area contributed by atoms with E-state index in [4.69, 9.17) is 0 Å². The maximum absolute atomic E-state index is 2.27. The molecule has 0 spiro atoms. The van der Waals surface area contributed by atoms with Gasteiger partial charge in [0, 0.05) is 0 Å². The van der Waals surface area contributed by atoms with Gasteiger partial charge in [0.05, 0.1) is 0 Å². The molecular formula is C12H12Al. The minimum Gasteiger partial charge on any atom is -0.116 e. The van der Waals surface area contributed by atoms with Crippen molar-refractivity contribution in [2.45, 2.75) is 12.2 Å². The highest BCUT2D eigenvalue weighted by molar-refractivity contribution is 6.56. The van der Waals surface area contributed by atoms with E-state index in [-0.39, 0.29) is 0 Å². The van der Waals surface area contributed by atoms with Gasteiger partial charge < -0.3 is 0 Å². The largest absolute Gasteiger partial charge is 0.251 e. The van der Waals surface area contributed by atoms with Crippen molar-refractivity contribution in [3.8, 4) is 0 Å². The Morgan fingerprint density at radius 3 is 2.62 bits per heavy atom. The Hall–Kier alpha value is -0.768. The van der Waals surface area contributed by atoms with Gasteiger partial charge in [0.25, 0.3) is 15.2 Å². The molecule has 63 valence electrons. The highest BCUT2D eigenvalue weighted by Gasteiger charge is 1.98. The van der Waals surface area contributed by atoms with Crippen molar-refractivity contribution in [2.24, 2.45) is 0 Å². The third kappa shape index (κ3) is 1.77. The Labute approximate surface area is 85.3 Å². The van der Waals surface area contributed by atoms with Crippen LogP contribution in [0.4, 0.5) is 0 Å². The van der Waals surface area contributed by atoms with Gasteiger partial charge in [-0.3, -0.25) is 0 Å². The topological polar surface area (TPSA) is 0 Å². The maximum Gasteiger partial charge on any atom is 0.251 e. The third-order valence-corrected chi connectivity index (χ3v) is 3.60. The summed E-state index contributed by atoms with van der Waals surface area (Å²) in [4.78, 5) is 0. The van der Waals surface area contributed by atoms with E-state index in [0.29, 0.717) is 15.2 Å². The Bertz CT molecular complexity index is 401. The summed E-state index contributed by atoms with van der Waals surface area (Å²) in [7, 11) is 0. The normalized spacial score (nSPS) is 10.2. The molecule has 2 rings (SSSR count). The van der Waals surface area contributed by atoms with Crippen LogP contribution >= 0.6 is 0 Å². The zero-order valence-corrected chi connectivity index (χ0v) is 8.98. The lowest BCUT2D eigenvalue weighted by Crippen LogP contribution is -2.13. The van der Waals surface area contributed by atoms with Crippen molar-refractivity contribution in [3.63, 3.8) is 0 Å². The standard InChI is InChI=1S/C10H7.C2H5.Al/c1-2-6-10-8-4-3-7-9(10)5-1;1-2;/h1-7H;1H2,2H3;. The molecule has 0 aliphatic heterocycles. The molecule has 0 heterocycles. The van der Waals surface area contributed by atoms with Gasteiger partial charge in [-0.1, -0.05) is 49.4 Å². The molecule has 0 saturated carbocycles. The van der Waals surface area contributed by atoms with Crippen LogP contribution in [-0.2, 0) is 0 Å². The van der Waals surface area contributed by atoms with E-state index in [0.717, 1.165) is 0 Å². The van der Waals surface area contributed by atoms with Gasteiger partial charge >= 0.3 is 0 Å². The van der Waals surface area contributed by atoms with Gasteiger partial charge in [0.15, 0.2) is 0 Å². The molecule has 0 N–H and O–H groups in total. The van der Waals surface area contributed by atoms with E-state index in [1.807, 2.05) is 0 Å². The molecule has 0 atom stereocenters. The molecule has 0 saturated heterocycles. The van der Waals surface area contributed by atoms with Crippen molar-refractivity contribution in [2.75, 3.05) is 0 Å². The molecule has 0 fully saturated rings. The summed E-state index contributed by atoms with van der Waals surface area (Å²) in [6.45, 7) is 2.26. The molecule has 2 aromatic carbocycles. The van der Waals surface area contributed by atoms with Crippen LogP contribution in [0, 0.1) is 0 Å². The average molecular weight is 183 g/mol. The summed E-state index contributed by atoms with van der Waals surface area (Å²) in [5, 5.41) is 4.12. The van der Waals surface area contributed by atoms with E-state index in [1.165, 1.54) is 16.1 Å². The van der Waals surface area contributed by atoms with E-state index < -0.39 is 0 Å². The number of benzene rings is 2. The van der Waals surface area contributed by atoms with Crippen molar-refractivity contribution in [1.29, 1.82) is 0 Å². The summed E-state index contributed by atoms with van der Waals surface area (Å²) in [5.74, 6) is 0. The minimum atomic E-state index is 0.459. The Kier molecular flexibility index (Phi) is 2.69. The summed E-state index contributed by atoms with van der Waals surface area (Å²) in [5.41, 5.74) is 0. The second-order valence-electron chi connectivity index (χ2n) is 3.18. The van der Waals surface area contributed by atoms with E-state index in [2.05, 4.69) is 49.4 Å². The van der Waals surface area contributed by atoms with Crippen molar-refractivity contribution < 1.29 is 0 Å². The smallest absolute Gasteiger partial charge is 0.116 e. The van der Waals surface area contributed by atoms with Crippen LogP contribution < -0.4 is 4.43 Å². The van der Waals surface area contributed by atoms with Gasteiger partial charge in [-0.05, 0) is 10.8 Å². The molecule has 13 heavy (non-hydrogen) atoms. The molecular weight excluding hydrogens is 171 g/mol. The highest BCUT2D eigenvalue weighted by Crippen LogP contribution is 2.10. The fourth-order valence-corrected chi connectivity index (χ4v) is 2.82. The van der Waals surface area contributed by atoms with Crippen LogP contribution in [0.25, 0.3) is 10.8 Å². The Balaban J connectivity index is 2.61. The van der Waals surface area contributed by atoms with Crippen molar-refractivity contribution >= 4 is 30.4 Å². The Morgan fingerprint density at radius 2 is 1.77 bits per heavy atom. The SMILES string of the molecule is C[CH2][Al][c]1cccc2ccccc12.